The molecule has 0 aromatic carbocycles. The van der Waals surface area contributed by atoms with Crippen LogP contribution < -0.4 is 0 Å². The van der Waals surface area contributed by atoms with Gasteiger partial charge in [0.05, 0.1) is 0 Å². The summed E-state index contributed by atoms with van der Waals surface area (Å²) >= 11 is 4.01. The van der Waals surface area contributed by atoms with Gasteiger partial charge >= 0.3 is 5.97 Å². The van der Waals surface area contributed by atoms with E-state index < -0.39 is 0 Å². The second-order valence-electron chi connectivity index (χ2n) is 6.99. The summed E-state index contributed by atoms with van der Waals surface area (Å²) < 4.78 is 4.98. The minimum absolute atomic E-state index is 0.0941. The van der Waals surface area contributed by atoms with Crippen LogP contribution in [0, 0.1) is 0 Å². The van der Waals surface area contributed by atoms with E-state index in [1.54, 1.807) is 0 Å². The van der Waals surface area contributed by atoms with Crippen LogP contribution >= 0.6 is 12.6 Å². The molecule has 0 saturated heterocycles. The molecule has 3 heteroatoms. The molecule has 0 aromatic heterocycles. The SMILES string of the molecule is CCCCCCCCCCCCCC/C=C/CCCC(=O)OCCS. The van der Waals surface area contributed by atoms with Crippen LogP contribution in [0.25, 0.3) is 0 Å². The summed E-state index contributed by atoms with van der Waals surface area (Å²) in [6.45, 7) is 2.71. The molecule has 2 nitrogen and oxygen atoms in total. The molecule has 0 aromatic rings. The molecular weight excluding hydrogens is 328 g/mol. The van der Waals surface area contributed by atoms with Crippen LogP contribution in [0.5, 0.6) is 0 Å². The van der Waals surface area contributed by atoms with E-state index in [2.05, 4.69) is 31.7 Å². The average Bonchev–Trinajstić information content (AvgIpc) is 2.62. The van der Waals surface area contributed by atoms with Gasteiger partial charge in [-0.25, -0.2) is 0 Å². The Morgan fingerprint density at radius 2 is 1.24 bits per heavy atom. The predicted octanol–water partition coefficient (Wildman–Crippen LogP) is 7.28. The first-order valence-corrected chi connectivity index (χ1v) is 11.4. The summed E-state index contributed by atoms with van der Waals surface area (Å²) in [6.07, 6.45) is 24.9. The Morgan fingerprint density at radius 1 is 0.760 bits per heavy atom. The van der Waals surface area contributed by atoms with E-state index in [1.807, 2.05) is 0 Å². The summed E-state index contributed by atoms with van der Waals surface area (Å²) in [7, 11) is 0. The van der Waals surface area contributed by atoms with Crippen LogP contribution in [-0.4, -0.2) is 18.3 Å². The monoisotopic (exact) mass is 370 g/mol. The molecule has 0 heterocycles. The van der Waals surface area contributed by atoms with E-state index in [-0.39, 0.29) is 5.97 Å². The van der Waals surface area contributed by atoms with Gasteiger partial charge < -0.3 is 4.74 Å². The molecule has 0 bridgehead atoms. The summed E-state index contributed by atoms with van der Waals surface area (Å²) in [6, 6.07) is 0. The smallest absolute Gasteiger partial charge is 0.305 e. The van der Waals surface area contributed by atoms with Crippen molar-refractivity contribution in [1.29, 1.82) is 0 Å². The molecule has 0 unspecified atom stereocenters. The molecule has 148 valence electrons. The molecule has 0 amide bonds. The maximum Gasteiger partial charge on any atom is 0.305 e. The van der Waals surface area contributed by atoms with E-state index >= 15 is 0 Å². The van der Waals surface area contributed by atoms with Crippen LogP contribution in [0.2, 0.25) is 0 Å². The number of carbonyl (C=O) groups excluding carboxylic acids is 1. The van der Waals surface area contributed by atoms with Gasteiger partial charge in [-0.1, -0.05) is 89.7 Å². The Hall–Kier alpha value is -0.440. The fourth-order valence-corrected chi connectivity index (χ4v) is 3.03. The standard InChI is InChI=1S/C22H42O2S/c1-2-3-4-5-6-7-8-9-10-11-12-13-14-15-16-17-18-19-22(23)24-20-21-25/h15-16,25H,2-14,17-21H2,1H3/b16-15+. The number of ether oxygens (including phenoxy) is 1. The number of unbranched alkanes of at least 4 members (excludes halogenated alkanes) is 13. The van der Waals surface area contributed by atoms with Crippen molar-refractivity contribution in [1.82, 2.24) is 0 Å². The van der Waals surface area contributed by atoms with Crippen LogP contribution in [0.1, 0.15) is 110 Å². The van der Waals surface area contributed by atoms with Crippen LogP contribution in [0.3, 0.4) is 0 Å². The van der Waals surface area contributed by atoms with Crippen LogP contribution in [0.4, 0.5) is 0 Å². The number of thiol groups is 1. The number of allylic oxidation sites excluding steroid dienone is 2. The van der Waals surface area contributed by atoms with Gasteiger partial charge in [-0.15, -0.1) is 0 Å². The molecule has 0 saturated carbocycles. The highest BCUT2D eigenvalue weighted by molar-refractivity contribution is 7.80. The molecule has 0 aliphatic heterocycles. The van der Waals surface area contributed by atoms with E-state index in [0.717, 1.165) is 12.8 Å². The first-order chi connectivity index (χ1) is 12.3. The van der Waals surface area contributed by atoms with E-state index in [4.69, 9.17) is 4.74 Å². The second-order valence-corrected chi connectivity index (χ2v) is 7.43. The molecule has 0 aliphatic carbocycles. The molecular formula is C22H42O2S. The Labute approximate surface area is 162 Å². The molecule has 0 fully saturated rings. The minimum atomic E-state index is -0.0941. The van der Waals surface area contributed by atoms with Crippen molar-refractivity contribution in [3.63, 3.8) is 0 Å². The Balaban J connectivity index is 3.14. The Bertz CT molecular complexity index is 302. The van der Waals surface area contributed by atoms with Crippen molar-refractivity contribution < 1.29 is 9.53 Å². The Morgan fingerprint density at radius 3 is 1.76 bits per heavy atom. The Kier molecular flexibility index (Phi) is 21.2. The van der Waals surface area contributed by atoms with E-state index in [9.17, 15) is 4.79 Å². The lowest BCUT2D eigenvalue weighted by molar-refractivity contribution is -0.143. The maximum absolute atomic E-state index is 11.3. The van der Waals surface area contributed by atoms with Crippen molar-refractivity contribution in [2.45, 2.75) is 110 Å². The maximum atomic E-state index is 11.3. The van der Waals surface area contributed by atoms with Gasteiger partial charge in [-0.3, -0.25) is 4.79 Å². The molecule has 0 radical (unpaired) electrons. The zero-order valence-corrected chi connectivity index (χ0v) is 17.5. The lowest BCUT2D eigenvalue weighted by Crippen LogP contribution is -2.05. The van der Waals surface area contributed by atoms with E-state index in [1.165, 1.54) is 83.5 Å². The minimum Gasteiger partial charge on any atom is -0.465 e. The lowest BCUT2D eigenvalue weighted by Gasteiger charge is -2.02. The molecule has 25 heavy (non-hydrogen) atoms. The molecule has 0 N–H and O–H groups in total. The highest BCUT2D eigenvalue weighted by Crippen LogP contribution is 2.12. The summed E-state index contributed by atoms with van der Waals surface area (Å²) in [4.78, 5) is 11.3. The summed E-state index contributed by atoms with van der Waals surface area (Å²) in [5.41, 5.74) is 0. The summed E-state index contributed by atoms with van der Waals surface area (Å²) in [5, 5.41) is 0. The van der Waals surface area contributed by atoms with Gasteiger partial charge in [0.2, 0.25) is 0 Å². The van der Waals surface area contributed by atoms with Gasteiger partial charge in [0.15, 0.2) is 0 Å². The summed E-state index contributed by atoms with van der Waals surface area (Å²) in [5.74, 6) is 0.508. The molecule has 0 spiro atoms. The quantitative estimate of drug-likeness (QED) is 0.112. The lowest BCUT2D eigenvalue weighted by atomic mass is 10.0. The molecule has 0 rings (SSSR count). The third-order valence-corrected chi connectivity index (χ3v) is 4.68. The van der Waals surface area contributed by atoms with Crippen molar-refractivity contribution in [2.24, 2.45) is 0 Å². The van der Waals surface area contributed by atoms with Crippen molar-refractivity contribution in [2.75, 3.05) is 12.4 Å². The van der Waals surface area contributed by atoms with Crippen molar-refractivity contribution in [3.05, 3.63) is 12.2 Å². The van der Waals surface area contributed by atoms with Gasteiger partial charge in [-0.2, -0.15) is 12.6 Å². The van der Waals surface area contributed by atoms with Gasteiger partial charge in [-0.05, 0) is 25.7 Å². The zero-order chi connectivity index (χ0) is 18.4. The van der Waals surface area contributed by atoms with Gasteiger partial charge in [0.1, 0.15) is 6.61 Å². The third-order valence-electron chi connectivity index (χ3n) is 4.50. The first kappa shape index (κ1) is 24.6. The number of esters is 1. The van der Waals surface area contributed by atoms with Gasteiger partial charge in [0, 0.05) is 12.2 Å². The third kappa shape index (κ3) is 21.5. The van der Waals surface area contributed by atoms with Crippen molar-refractivity contribution >= 4 is 18.6 Å². The largest absolute Gasteiger partial charge is 0.465 e. The predicted molar refractivity (Wildman–Crippen MR) is 113 cm³/mol. The highest BCUT2D eigenvalue weighted by atomic mass is 32.1. The molecule has 0 atom stereocenters. The van der Waals surface area contributed by atoms with Crippen LogP contribution in [0.15, 0.2) is 12.2 Å². The van der Waals surface area contributed by atoms with E-state index in [0.29, 0.717) is 18.8 Å². The molecule has 0 aliphatic rings. The average molecular weight is 371 g/mol. The number of carbonyl (C=O) groups is 1. The number of hydrogen-bond acceptors (Lipinski definition) is 3. The first-order valence-electron chi connectivity index (χ1n) is 10.7. The number of hydrogen-bond donors (Lipinski definition) is 1. The van der Waals surface area contributed by atoms with Crippen LogP contribution in [-0.2, 0) is 9.53 Å². The second kappa shape index (κ2) is 21.6. The fourth-order valence-electron chi connectivity index (χ4n) is 2.93. The fraction of sp³-hybridized carbons (Fsp3) is 0.864. The zero-order valence-electron chi connectivity index (χ0n) is 16.6. The highest BCUT2D eigenvalue weighted by Gasteiger charge is 2.00. The van der Waals surface area contributed by atoms with Gasteiger partial charge in [0.25, 0.3) is 0 Å². The number of rotatable bonds is 19. The topological polar surface area (TPSA) is 26.3 Å². The normalized spacial score (nSPS) is 11.3. The van der Waals surface area contributed by atoms with Crippen molar-refractivity contribution in [3.8, 4) is 0 Å².